The van der Waals surface area contributed by atoms with Gasteiger partial charge in [-0.05, 0) is 54.4 Å². The van der Waals surface area contributed by atoms with Crippen LogP contribution in [0.3, 0.4) is 0 Å². The Morgan fingerprint density at radius 1 is 0.903 bits per heavy atom. The topological polar surface area (TPSA) is 75.7 Å². The molecule has 0 radical (unpaired) electrons. The summed E-state index contributed by atoms with van der Waals surface area (Å²) < 4.78 is 5.26. The molecular formula is C25H24N2O4. The van der Waals surface area contributed by atoms with Crippen molar-refractivity contribution in [1.29, 1.82) is 0 Å². The number of hydrogen-bond donors (Lipinski definition) is 1. The molecule has 6 heteroatoms. The first kappa shape index (κ1) is 21.8. The average molecular weight is 416 g/mol. The van der Waals surface area contributed by atoms with Crippen LogP contribution in [0.4, 0.5) is 11.4 Å². The highest BCUT2D eigenvalue weighted by Crippen LogP contribution is 2.19. The zero-order valence-corrected chi connectivity index (χ0v) is 17.5. The third-order valence-corrected chi connectivity index (χ3v) is 4.57. The molecule has 0 aliphatic rings. The number of nitrogens with zero attached hydrogens (tertiary/aromatic N) is 1. The van der Waals surface area contributed by atoms with E-state index in [4.69, 9.17) is 4.74 Å². The van der Waals surface area contributed by atoms with Crippen molar-refractivity contribution in [3.63, 3.8) is 0 Å². The van der Waals surface area contributed by atoms with Gasteiger partial charge in [0.25, 0.3) is 5.91 Å². The summed E-state index contributed by atoms with van der Waals surface area (Å²) in [6.07, 6.45) is 0. The van der Waals surface area contributed by atoms with Gasteiger partial charge in [0.05, 0.1) is 12.1 Å². The molecule has 0 saturated carbocycles. The van der Waals surface area contributed by atoms with Crippen molar-refractivity contribution in [3.8, 4) is 0 Å². The second-order valence-corrected chi connectivity index (χ2v) is 7.14. The molecular weight excluding hydrogens is 392 g/mol. The van der Waals surface area contributed by atoms with E-state index < -0.39 is 5.97 Å². The molecule has 3 aromatic rings. The fourth-order valence-electron chi connectivity index (χ4n) is 3.07. The van der Waals surface area contributed by atoms with Crippen LogP contribution < -0.4 is 10.2 Å². The van der Waals surface area contributed by atoms with E-state index in [1.165, 1.54) is 6.92 Å². The third kappa shape index (κ3) is 6.27. The van der Waals surface area contributed by atoms with E-state index >= 15 is 0 Å². The highest BCUT2D eigenvalue weighted by atomic mass is 16.5. The zero-order valence-electron chi connectivity index (χ0n) is 17.5. The Morgan fingerprint density at radius 3 is 2.26 bits per heavy atom. The number of rotatable bonds is 7. The minimum absolute atomic E-state index is 0.199. The quantitative estimate of drug-likeness (QED) is 0.581. The van der Waals surface area contributed by atoms with E-state index in [0.29, 0.717) is 17.8 Å². The van der Waals surface area contributed by atoms with E-state index in [9.17, 15) is 14.4 Å². The van der Waals surface area contributed by atoms with Gasteiger partial charge in [0.15, 0.2) is 6.61 Å². The number of aryl methyl sites for hydroxylation is 1. The fourth-order valence-corrected chi connectivity index (χ4v) is 3.07. The van der Waals surface area contributed by atoms with Gasteiger partial charge < -0.3 is 15.0 Å². The van der Waals surface area contributed by atoms with Gasteiger partial charge in [-0.2, -0.15) is 0 Å². The lowest BCUT2D eigenvalue weighted by Gasteiger charge is -2.23. The highest BCUT2D eigenvalue weighted by molar-refractivity contribution is 5.97. The third-order valence-electron chi connectivity index (χ3n) is 4.57. The molecule has 0 bridgehead atoms. The molecule has 3 aromatic carbocycles. The van der Waals surface area contributed by atoms with Gasteiger partial charge in [-0.15, -0.1) is 0 Å². The maximum Gasteiger partial charge on any atom is 0.338 e. The molecule has 2 amide bonds. The van der Waals surface area contributed by atoms with Crippen LogP contribution >= 0.6 is 0 Å². The van der Waals surface area contributed by atoms with E-state index in [1.807, 2.05) is 61.5 Å². The fraction of sp³-hybridized carbons (Fsp3) is 0.160. The van der Waals surface area contributed by atoms with Crippen molar-refractivity contribution in [1.82, 2.24) is 0 Å². The second kappa shape index (κ2) is 10.2. The van der Waals surface area contributed by atoms with Crippen LogP contribution in [0.15, 0.2) is 78.9 Å². The minimum atomic E-state index is -0.605. The maximum absolute atomic E-state index is 13.0. The van der Waals surface area contributed by atoms with Crippen LogP contribution in [0.2, 0.25) is 0 Å². The molecule has 0 aliphatic carbocycles. The Kier molecular flexibility index (Phi) is 7.17. The van der Waals surface area contributed by atoms with Gasteiger partial charge in [0, 0.05) is 18.3 Å². The molecule has 6 nitrogen and oxygen atoms in total. The number of anilines is 2. The van der Waals surface area contributed by atoms with Crippen molar-refractivity contribution in [2.45, 2.75) is 20.4 Å². The number of ether oxygens (including phenoxy) is 1. The first-order valence-corrected chi connectivity index (χ1v) is 9.88. The van der Waals surface area contributed by atoms with Crippen molar-refractivity contribution in [2.24, 2.45) is 0 Å². The number of esters is 1. The Labute approximate surface area is 181 Å². The predicted octanol–water partition coefficient (Wildman–Crippen LogP) is 4.34. The van der Waals surface area contributed by atoms with Gasteiger partial charge in [-0.3, -0.25) is 9.59 Å². The molecule has 3 rings (SSSR count). The number of amides is 2. The number of nitrogens with one attached hydrogen (secondary N) is 1. The highest BCUT2D eigenvalue weighted by Gasteiger charge is 2.19. The van der Waals surface area contributed by atoms with Gasteiger partial charge in [0.2, 0.25) is 5.91 Å². The predicted molar refractivity (Wildman–Crippen MR) is 120 cm³/mol. The first-order chi connectivity index (χ1) is 14.9. The number of hydrogen-bond acceptors (Lipinski definition) is 4. The summed E-state index contributed by atoms with van der Waals surface area (Å²) in [7, 11) is 0. The molecule has 0 saturated heterocycles. The zero-order chi connectivity index (χ0) is 22.2. The van der Waals surface area contributed by atoms with Gasteiger partial charge in [-0.1, -0.05) is 42.5 Å². The first-order valence-electron chi connectivity index (χ1n) is 9.88. The van der Waals surface area contributed by atoms with Crippen LogP contribution in [0.25, 0.3) is 0 Å². The monoisotopic (exact) mass is 416 g/mol. The minimum Gasteiger partial charge on any atom is -0.452 e. The Balaban J connectivity index is 1.69. The molecule has 0 unspecified atom stereocenters. The largest absolute Gasteiger partial charge is 0.452 e. The second-order valence-electron chi connectivity index (χ2n) is 7.14. The van der Waals surface area contributed by atoms with Crippen LogP contribution in [0.5, 0.6) is 0 Å². The van der Waals surface area contributed by atoms with Crippen LogP contribution in [0, 0.1) is 6.92 Å². The van der Waals surface area contributed by atoms with Crippen molar-refractivity contribution < 1.29 is 19.1 Å². The van der Waals surface area contributed by atoms with Crippen molar-refractivity contribution in [2.75, 3.05) is 16.8 Å². The summed E-state index contributed by atoms with van der Waals surface area (Å²) >= 11 is 0. The Bertz CT molecular complexity index is 1060. The van der Waals surface area contributed by atoms with Crippen molar-refractivity contribution >= 4 is 29.2 Å². The molecule has 1 N–H and O–H groups in total. The van der Waals surface area contributed by atoms with Crippen LogP contribution in [-0.4, -0.2) is 24.4 Å². The Hall–Kier alpha value is -3.93. The summed E-state index contributed by atoms with van der Waals surface area (Å²) in [4.78, 5) is 38.0. The van der Waals surface area contributed by atoms with E-state index in [1.54, 1.807) is 29.2 Å². The number of carbonyl (C=O) groups excluding carboxylic acids is 3. The van der Waals surface area contributed by atoms with Crippen LogP contribution in [0.1, 0.15) is 28.4 Å². The summed E-state index contributed by atoms with van der Waals surface area (Å²) in [5.74, 6) is -1.13. The van der Waals surface area contributed by atoms with Gasteiger partial charge in [0.1, 0.15) is 0 Å². The lowest BCUT2D eigenvalue weighted by Crippen LogP contribution is -2.34. The molecule has 0 atom stereocenters. The smallest absolute Gasteiger partial charge is 0.338 e. The molecule has 158 valence electrons. The molecule has 0 aliphatic heterocycles. The maximum atomic E-state index is 13.0. The molecule has 0 fully saturated rings. The Morgan fingerprint density at radius 2 is 1.61 bits per heavy atom. The molecule has 0 heterocycles. The van der Waals surface area contributed by atoms with Crippen LogP contribution in [-0.2, 0) is 20.9 Å². The molecule has 31 heavy (non-hydrogen) atoms. The summed E-state index contributed by atoms with van der Waals surface area (Å²) in [5, 5.41) is 2.63. The normalized spacial score (nSPS) is 10.3. The summed E-state index contributed by atoms with van der Waals surface area (Å²) in [5.41, 5.74) is 3.61. The lowest BCUT2D eigenvalue weighted by atomic mass is 10.1. The summed E-state index contributed by atoms with van der Waals surface area (Å²) in [6, 6.07) is 23.6. The van der Waals surface area contributed by atoms with E-state index in [-0.39, 0.29) is 18.4 Å². The van der Waals surface area contributed by atoms with Crippen molar-refractivity contribution in [3.05, 3.63) is 95.6 Å². The standard InChI is InChI=1S/C25H24N2O4/c1-18-7-6-10-23(15-18)27(16-20-8-4-3-5-9-20)24(29)17-31-25(30)21-11-13-22(14-12-21)26-19(2)28/h3-15H,16-17H2,1-2H3,(H,26,28). The van der Waals surface area contributed by atoms with Gasteiger partial charge in [-0.25, -0.2) is 4.79 Å². The lowest BCUT2D eigenvalue weighted by molar-refractivity contribution is -0.121. The number of carbonyl (C=O) groups is 3. The van der Waals surface area contributed by atoms with E-state index in [0.717, 1.165) is 16.8 Å². The SMILES string of the molecule is CC(=O)Nc1ccc(C(=O)OCC(=O)N(Cc2ccccc2)c2cccc(C)c2)cc1. The van der Waals surface area contributed by atoms with Gasteiger partial charge >= 0.3 is 5.97 Å². The average Bonchev–Trinajstić information content (AvgIpc) is 2.76. The summed E-state index contributed by atoms with van der Waals surface area (Å²) in [6.45, 7) is 3.35. The molecule has 0 spiro atoms. The number of benzene rings is 3. The van der Waals surface area contributed by atoms with E-state index in [2.05, 4.69) is 5.32 Å². The molecule has 0 aromatic heterocycles.